The quantitative estimate of drug-likeness (QED) is 0.391. The third-order valence-electron chi connectivity index (χ3n) is 4.96. The molecule has 0 heterocycles. The van der Waals surface area contributed by atoms with Crippen molar-refractivity contribution < 1.29 is 9.53 Å². The van der Waals surface area contributed by atoms with Gasteiger partial charge in [0, 0.05) is 23.1 Å². The molecule has 142 valence electrons. The van der Waals surface area contributed by atoms with E-state index in [9.17, 15) is 4.79 Å². The second-order valence-electron chi connectivity index (χ2n) is 6.83. The van der Waals surface area contributed by atoms with Crippen LogP contribution in [-0.4, -0.2) is 6.29 Å². The lowest BCUT2D eigenvalue weighted by molar-refractivity contribution is 0.0718. The number of allylic oxidation sites excluding steroid dienone is 6. The molecule has 2 aromatic carbocycles. The zero-order chi connectivity index (χ0) is 19.8. The van der Waals surface area contributed by atoms with E-state index < -0.39 is 5.60 Å². The second kappa shape index (κ2) is 9.18. The van der Waals surface area contributed by atoms with Crippen molar-refractivity contribution in [3.8, 4) is 0 Å². The van der Waals surface area contributed by atoms with Gasteiger partial charge in [-0.05, 0) is 30.6 Å². The van der Waals surface area contributed by atoms with Crippen molar-refractivity contribution in [1.82, 2.24) is 0 Å². The fourth-order valence-corrected chi connectivity index (χ4v) is 3.39. The predicted octanol–water partition coefficient (Wildman–Crippen LogP) is 6.52. The average molecular weight is 370 g/mol. The van der Waals surface area contributed by atoms with Crippen molar-refractivity contribution in [2.24, 2.45) is 0 Å². The summed E-state index contributed by atoms with van der Waals surface area (Å²) in [5.41, 5.74) is 3.17. The third-order valence-corrected chi connectivity index (χ3v) is 4.96. The molecule has 0 bridgehead atoms. The van der Waals surface area contributed by atoms with E-state index in [4.69, 9.17) is 4.74 Å². The normalized spacial score (nSPS) is 16.0. The van der Waals surface area contributed by atoms with Gasteiger partial charge in [0.05, 0.1) is 5.76 Å². The standard InChI is InChI=1S/C26H26O2/c1-3-5-19-26(23-9-7-6-8-10-23,24-15-11-22(20-27)12-16-24)28-25-17-13-21(4-2)14-18-25/h4-13,15-17,19-20H,2-3,14,18H2,1H3/b19-5-. The van der Waals surface area contributed by atoms with Crippen LogP contribution in [0.15, 0.2) is 103 Å². The van der Waals surface area contributed by atoms with Crippen LogP contribution < -0.4 is 0 Å². The Hall–Kier alpha value is -3.13. The zero-order valence-corrected chi connectivity index (χ0v) is 16.3. The van der Waals surface area contributed by atoms with Crippen LogP contribution in [0.1, 0.15) is 47.7 Å². The summed E-state index contributed by atoms with van der Waals surface area (Å²) in [4.78, 5) is 11.1. The molecule has 0 fully saturated rings. The van der Waals surface area contributed by atoms with Crippen molar-refractivity contribution in [3.63, 3.8) is 0 Å². The first kappa shape index (κ1) is 19.6. The molecule has 0 aromatic heterocycles. The number of benzene rings is 2. The Balaban J connectivity index is 2.13. The molecule has 0 aliphatic heterocycles. The van der Waals surface area contributed by atoms with Gasteiger partial charge < -0.3 is 4.74 Å². The number of carbonyl (C=O) groups excluding carboxylic acids is 1. The molecular formula is C26H26O2. The molecule has 2 heteroatoms. The maximum Gasteiger partial charge on any atom is 0.177 e. The number of hydrogen-bond donors (Lipinski definition) is 0. The molecule has 3 rings (SSSR count). The largest absolute Gasteiger partial charge is 0.478 e. The van der Waals surface area contributed by atoms with E-state index in [1.165, 1.54) is 5.57 Å². The summed E-state index contributed by atoms with van der Waals surface area (Å²) in [6.07, 6.45) is 13.8. The number of hydrogen-bond acceptors (Lipinski definition) is 2. The van der Waals surface area contributed by atoms with Crippen LogP contribution in [-0.2, 0) is 10.3 Å². The molecular weight excluding hydrogens is 344 g/mol. The van der Waals surface area contributed by atoms with Crippen molar-refractivity contribution in [3.05, 3.63) is 120 Å². The first-order valence-electron chi connectivity index (χ1n) is 9.72. The molecule has 0 saturated carbocycles. The highest BCUT2D eigenvalue weighted by Gasteiger charge is 2.35. The van der Waals surface area contributed by atoms with Gasteiger partial charge in [-0.15, -0.1) is 0 Å². The summed E-state index contributed by atoms with van der Waals surface area (Å²) >= 11 is 0. The van der Waals surface area contributed by atoms with Gasteiger partial charge in [0.25, 0.3) is 0 Å². The fraction of sp³-hybridized carbons (Fsp3) is 0.192. The molecule has 1 atom stereocenters. The Bertz CT molecular complexity index is 901. The molecule has 0 saturated heterocycles. The van der Waals surface area contributed by atoms with Crippen molar-refractivity contribution in [2.75, 3.05) is 0 Å². The second-order valence-corrected chi connectivity index (χ2v) is 6.83. The number of rotatable bonds is 8. The highest BCUT2D eigenvalue weighted by atomic mass is 16.5. The van der Waals surface area contributed by atoms with Crippen LogP contribution in [0.4, 0.5) is 0 Å². The van der Waals surface area contributed by atoms with Crippen LogP contribution in [0.25, 0.3) is 0 Å². The Labute approximate surface area is 167 Å². The van der Waals surface area contributed by atoms with Crippen LogP contribution >= 0.6 is 0 Å². The molecule has 0 N–H and O–H groups in total. The van der Waals surface area contributed by atoms with Crippen molar-refractivity contribution in [2.45, 2.75) is 31.8 Å². The van der Waals surface area contributed by atoms with E-state index in [1.807, 2.05) is 54.6 Å². The molecule has 1 aliphatic rings. The SMILES string of the molecule is C=CC1=CC=C(OC(/C=C\CC)(c2ccccc2)c2ccc(C=O)cc2)CC1. The van der Waals surface area contributed by atoms with Crippen molar-refractivity contribution in [1.29, 1.82) is 0 Å². The maximum atomic E-state index is 11.1. The minimum absolute atomic E-state index is 0.653. The molecule has 0 spiro atoms. The average Bonchev–Trinajstić information content (AvgIpc) is 2.78. The minimum atomic E-state index is -0.746. The lowest BCUT2D eigenvalue weighted by atomic mass is 9.84. The molecule has 2 nitrogen and oxygen atoms in total. The van der Waals surface area contributed by atoms with E-state index in [1.54, 1.807) is 0 Å². The first-order chi connectivity index (χ1) is 13.7. The van der Waals surface area contributed by atoms with Crippen LogP contribution in [0.3, 0.4) is 0 Å². The first-order valence-corrected chi connectivity index (χ1v) is 9.72. The van der Waals surface area contributed by atoms with E-state index in [2.05, 4.69) is 43.9 Å². The van der Waals surface area contributed by atoms with Gasteiger partial charge >= 0.3 is 0 Å². The lowest BCUT2D eigenvalue weighted by Gasteiger charge is -2.35. The monoisotopic (exact) mass is 370 g/mol. The van der Waals surface area contributed by atoms with Crippen LogP contribution in [0.2, 0.25) is 0 Å². The van der Waals surface area contributed by atoms with Gasteiger partial charge in [0.15, 0.2) is 5.60 Å². The Morgan fingerprint density at radius 2 is 1.71 bits per heavy atom. The summed E-state index contributed by atoms with van der Waals surface area (Å²) in [6.45, 7) is 5.97. The molecule has 1 aliphatic carbocycles. The van der Waals surface area contributed by atoms with E-state index in [0.29, 0.717) is 5.56 Å². The van der Waals surface area contributed by atoms with Gasteiger partial charge in [0.1, 0.15) is 6.29 Å². The van der Waals surface area contributed by atoms with Gasteiger partial charge in [-0.2, -0.15) is 0 Å². The van der Waals surface area contributed by atoms with E-state index >= 15 is 0 Å². The summed E-state index contributed by atoms with van der Waals surface area (Å²) in [7, 11) is 0. The Morgan fingerprint density at radius 3 is 2.29 bits per heavy atom. The Morgan fingerprint density at radius 1 is 1.00 bits per heavy atom. The summed E-state index contributed by atoms with van der Waals surface area (Å²) in [6, 6.07) is 17.9. The molecule has 28 heavy (non-hydrogen) atoms. The van der Waals surface area contributed by atoms with Crippen LogP contribution in [0.5, 0.6) is 0 Å². The molecule has 2 aromatic rings. The molecule has 1 unspecified atom stereocenters. The zero-order valence-electron chi connectivity index (χ0n) is 16.3. The van der Waals surface area contributed by atoms with Crippen molar-refractivity contribution >= 4 is 6.29 Å². The third kappa shape index (κ3) is 4.23. The lowest BCUT2D eigenvalue weighted by Crippen LogP contribution is -2.29. The smallest absolute Gasteiger partial charge is 0.177 e. The highest BCUT2D eigenvalue weighted by Crippen LogP contribution is 2.39. The summed E-state index contributed by atoms with van der Waals surface area (Å²) < 4.78 is 6.73. The summed E-state index contributed by atoms with van der Waals surface area (Å²) in [5.74, 6) is 0.940. The minimum Gasteiger partial charge on any atom is -0.478 e. The maximum absolute atomic E-state index is 11.1. The predicted molar refractivity (Wildman–Crippen MR) is 115 cm³/mol. The highest BCUT2D eigenvalue weighted by molar-refractivity contribution is 5.74. The fourth-order valence-electron chi connectivity index (χ4n) is 3.39. The number of ether oxygens (including phenoxy) is 1. The van der Waals surface area contributed by atoms with Gasteiger partial charge in [-0.3, -0.25) is 4.79 Å². The Kier molecular flexibility index (Phi) is 6.44. The number of aldehydes is 1. The van der Waals surface area contributed by atoms with Crippen LogP contribution in [0, 0.1) is 0 Å². The van der Waals surface area contributed by atoms with Gasteiger partial charge in [-0.1, -0.05) is 86.3 Å². The summed E-state index contributed by atoms with van der Waals surface area (Å²) in [5, 5.41) is 0. The van der Waals surface area contributed by atoms with Gasteiger partial charge in [0.2, 0.25) is 0 Å². The van der Waals surface area contributed by atoms with E-state index in [0.717, 1.165) is 42.4 Å². The topological polar surface area (TPSA) is 26.3 Å². The molecule has 0 amide bonds. The van der Waals surface area contributed by atoms with Gasteiger partial charge in [-0.25, -0.2) is 0 Å². The number of carbonyl (C=O) groups is 1. The molecule has 0 radical (unpaired) electrons. The van der Waals surface area contributed by atoms with E-state index in [-0.39, 0.29) is 0 Å².